The van der Waals surface area contributed by atoms with Crippen LogP contribution in [-0.2, 0) is 9.53 Å². The highest BCUT2D eigenvalue weighted by Gasteiger charge is 2.31. The number of aryl methyl sites for hydroxylation is 1. The van der Waals surface area contributed by atoms with Gasteiger partial charge in [0.05, 0.1) is 43.6 Å². The van der Waals surface area contributed by atoms with Crippen molar-refractivity contribution in [2.45, 2.75) is 26.8 Å². The van der Waals surface area contributed by atoms with E-state index in [0.29, 0.717) is 39.6 Å². The van der Waals surface area contributed by atoms with Crippen LogP contribution < -0.4 is 29.1 Å². The SMILES string of the molecule is CCOc1ccc([C@@H]2C(C(=O)OC)=CN=c3s/c(=C\c4ccc(OC)cc4C)c(=O)n32)cc1OCC. The summed E-state index contributed by atoms with van der Waals surface area (Å²) in [7, 11) is 2.92. The third-order valence-electron chi connectivity index (χ3n) is 5.77. The van der Waals surface area contributed by atoms with Crippen LogP contribution in [-0.4, -0.2) is 38.0 Å². The smallest absolute Gasteiger partial charge is 0.337 e. The Morgan fingerprint density at radius 3 is 2.50 bits per heavy atom. The van der Waals surface area contributed by atoms with Gasteiger partial charge in [-0.1, -0.05) is 23.5 Å². The molecule has 188 valence electrons. The normalized spacial score (nSPS) is 15.0. The number of nitrogens with zero attached hydrogens (tertiary/aromatic N) is 2. The average Bonchev–Trinajstić information content (AvgIpc) is 3.20. The lowest BCUT2D eigenvalue weighted by Gasteiger charge is -2.23. The molecular formula is C27H28N2O6S. The van der Waals surface area contributed by atoms with E-state index in [-0.39, 0.29) is 11.1 Å². The summed E-state index contributed by atoms with van der Waals surface area (Å²) in [6.07, 6.45) is 3.31. The Kier molecular flexibility index (Phi) is 7.59. The third kappa shape index (κ3) is 4.79. The molecule has 1 aliphatic rings. The Morgan fingerprint density at radius 1 is 1.08 bits per heavy atom. The van der Waals surface area contributed by atoms with Gasteiger partial charge in [-0.3, -0.25) is 9.36 Å². The predicted octanol–water partition coefficient (Wildman–Crippen LogP) is 3.13. The summed E-state index contributed by atoms with van der Waals surface area (Å²) in [5, 5.41) is 0. The zero-order chi connectivity index (χ0) is 25.8. The minimum Gasteiger partial charge on any atom is -0.497 e. The molecule has 1 atom stereocenters. The van der Waals surface area contributed by atoms with E-state index in [0.717, 1.165) is 16.9 Å². The molecule has 0 amide bonds. The Hall–Kier alpha value is -3.85. The van der Waals surface area contributed by atoms with E-state index in [9.17, 15) is 9.59 Å². The molecule has 2 heterocycles. The Labute approximate surface area is 212 Å². The quantitative estimate of drug-likeness (QED) is 0.435. The van der Waals surface area contributed by atoms with Gasteiger partial charge in [0, 0.05) is 6.20 Å². The van der Waals surface area contributed by atoms with E-state index in [1.54, 1.807) is 19.2 Å². The standard InChI is InChI=1S/C27H28N2O6S/c1-6-34-21-11-9-18(13-22(21)35-7-2)24-20(26(31)33-5)15-28-27-29(24)25(30)23(36-27)14-17-8-10-19(32-4)12-16(17)3/h8-15,24H,6-7H2,1-5H3/b23-14-/t24-/m1/s1. The lowest BCUT2D eigenvalue weighted by atomic mass is 9.97. The van der Waals surface area contributed by atoms with Gasteiger partial charge in [0.2, 0.25) is 0 Å². The maximum absolute atomic E-state index is 13.7. The van der Waals surface area contributed by atoms with E-state index in [4.69, 9.17) is 18.9 Å². The van der Waals surface area contributed by atoms with Crippen LogP contribution in [0.5, 0.6) is 17.2 Å². The summed E-state index contributed by atoms with van der Waals surface area (Å²) in [5.74, 6) is 1.31. The van der Waals surface area contributed by atoms with Crippen molar-refractivity contribution in [2.75, 3.05) is 27.4 Å². The number of esters is 1. The van der Waals surface area contributed by atoms with Gasteiger partial charge >= 0.3 is 5.97 Å². The van der Waals surface area contributed by atoms with Gasteiger partial charge < -0.3 is 18.9 Å². The number of thiazole rings is 1. The van der Waals surface area contributed by atoms with E-state index in [1.165, 1.54) is 29.2 Å². The van der Waals surface area contributed by atoms with Gasteiger partial charge in [0.1, 0.15) is 5.75 Å². The monoisotopic (exact) mass is 508 g/mol. The van der Waals surface area contributed by atoms with Crippen LogP contribution in [0.2, 0.25) is 0 Å². The molecule has 1 aliphatic heterocycles. The number of ether oxygens (including phenoxy) is 4. The molecule has 8 nitrogen and oxygen atoms in total. The fourth-order valence-corrected chi connectivity index (χ4v) is 5.03. The first-order valence-electron chi connectivity index (χ1n) is 11.5. The van der Waals surface area contributed by atoms with Crippen LogP contribution in [0.25, 0.3) is 6.08 Å². The van der Waals surface area contributed by atoms with E-state index in [2.05, 4.69) is 4.99 Å². The van der Waals surface area contributed by atoms with Crippen molar-refractivity contribution in [1.29, 1.82) is 0 Å². The number of carbonyl (C=O) groups excluding carboxylic acids is 1. The van der Waals surface area contributed by atoms with Gasteiger partial charge in [-0.05, 0) is 67.8 Å². The van der Waals surface area contributed by atoms with Crippen LogP contribution in [0.4, 0.5) is 0 Å². The number of rotatable bonds is 8. The Balaban J connectivity index is 1.90. The first-order valence-corrected chi connectivity index (χ1v) is 12.4. The lowest BCUT2D eigenvalue weighted by molar-refractivity contribution is -0.136. The van der Waals surface area contributed by atoms with Crippen LogP contribution in [0, 0.1) is 6.92 Å². The van der Waals surface area contributed by atoms with Gasteiger partial charge in [0.15, 0.2) is 16.3 Å². The average molecular weight is 509 g/mol. The number of hydrogen-bond donors (Lipinski definition) is 0. The molecule has 0 aliphatic carbocycles. The Bertz CT molecular complexity index is 1500. The molecule has 4 rings (SSSR count). The molecular weight excluding hydrogens is 480 g/mol. The van der Waals surface area contributed by atoms with Gasteiger partial charge in [-0.15, -0.1) is 0 Å². The maximum Gasteiger partial charge on any atom is 0.337 e. The largest absolute Gasteiger partial charge is 0.497 e. The molecule has 2 aromatic carbocycles. The van der Waals surface area contributed by atoms with Crippen LogP contribution in [0.1, 0.15) is 36.6 Å². The van der Waals surface area contributed by atoms with Crippen LogP contribution >= 0.6 is 11.3 Å². The number of aromatic nitrogens is 1. The predicted molar refractivity (Wildman–Crippen MR) is 138 cm³/mol. The highest BCUT2D eigenvalue weighted by atomic mass is 32.1. The first-order chi connectivity index (χ1) is 17.4. The molecule has 0 fully saturated rings. The molecule has 0 N–H and O–H groups in total. The topological polar surface area (TPSA) is 88.4 Å². The molecule has 3 aromatic rings. The summed E-state index contributed by atoms with van der Waals surface area (Å²) in [6.45, 7) is 6.65. The van der Waals surface area contributed by atoms with Gasteiger partial charge in [-0.25, -0.2) is 9.79 Å². The number of fused-ring (bicyclic) bond motifs is 1. The molecule has 0 radical (unpaired) electrons. The van der Waals surface area contributed by atoms with Gasteiger partial charge in [-0.2, -0.15) is 0 Å². The van der Waals surface area contributed by atoms with Crippen molar-refractivity contribution >= 4 is 23.4 Å². The van der Waals surface area contributed by atoms with Crippen molar-refractivity contribution in [3.05, 3.63) is 84.5 Å². The molecule has 1 aromatic heterocycles. The second-order valence-corrected chi connectivity index (χ2v) is 8.98. The summed E-state index contributed by atoms with van der Waals surface area (Å²) >= 11 is 1.27. The molecule has 0 bridgehead atoms. The van der Waals surface area contributed by atoms with Crippen molar-refractivity contribution in [3.8, 4) is 17.2 Å². The molecule has 9 heteroatoms. The maximum atomic E-state index is 13.7. The zero-order valence-electron chi connectivity index (χ0n) is 20.9. The zero-order valence-corrected chi connectivity index (χ0v) is 21.7. The highest BCUT2D eigenvalue weighted by Crippen LogP contribution is 2.35. The molecule has 0 spiro atoms. The minimum absolute atomic E-state index is 0.250. The molecule has 0 unspecified atom stereocenters. The van der Waals surface area contributed by atoms with Gasteiger partial charge in [0.25, 0.3) is 5.56 Å². The van der Waals surface area contributed by atoms with Crippen molar-refractivity contribution in [2.24, 2.45) is 4.99 Å². The summed E-state index contributed by atoms with van der Waals surface area (Å²) < 4.78 is 23.8. The molecule has 0 saturated carbocycles. The highest BCUT2D eigenvalue weighted by molar-refractivity contribution is 7.07. The van der Waals surface area contributed by atoms with E-state index < -0.39 is 12.0 Å². The van der Waals surface area contributed by atoms with Crippen molar-refractivity contribution in [3.63, 3.8) is 0 Å². The fraction of sp³-hybridized carbons (Fsp3) is 0.296. The first kappa shape index (κ1) is 25.2. The van der Waals surface area contributed by atoms with Crippen LogP contribution in [0.3, 0.4) is 0 Å². The molecule has 36 heavy (non-hydrogen) atoms. The van der Waals surface area contributed by atoms with E-state index in [1.807, 2.05) is 51.1 Å². The number of hydrogen-bond acceptors (Lipinski definition) is 8. The summed E-state index contributed by atoms with van der Waals surface area (Å²) in [5.41, 5.74) is 2.55. The third-order valence-corrected chi connectivity index (χ3v) is 6.77. The van der Waals surface area contributed by atoms with Crippen molar-refractivity contribution < 1.29 is 23.7 Å². The second kappa shape index (κ2) is 10.8. The summed E-state index contributed by atoms with van der Waals surface area (Å²) in [4.78, 5) is 31.3. The number of carbonyl (C=O) groups is 1. The fourth-order valence-electron chi connectivity index (χ4n) is 4.07. The number of benzene rings is 2. The summed E-state index contributed by atoms with van der Waals surface area (Å²) in [6, 6.07) is 10.3. The Morgan fingerprint density at radius 2 is 1.83 bits per heavy atom. The number of methoxy groups -OCH3 is 2. The van der Waals surface area contributed by atoms with E-state index >= 15 is 0 Å². The van der Waals surface area contributed by atoms with Crippen molar-refractivity contribution in [1.82, 2.24) is 4.57 Å². The van der Waals surface area contributed by atoms with Crippen LogP contribution in [0.15, 0.2) is 58.0 Å². The minimum atomic E-state index is -0.734. The lowest BCUT2D eigenvalue weighted by Crippen LogP contribution is -2.39. The second-order valence-electron chi connectivity index (χ2n) is 7.97. The molecule has 0 saturated heterocycles.